The van der Waals surface area contributed by atoms with Gasteiger partial charge in [-0.05, 0) is 37.5 Å². The van der Waals surface area contributed by atoms with Crippen LogP contribution in [0.2, 0.25) is 0 Å². The summed E-state index contributed by atoms with van der Waals surface area (Å²) in [6, 6.07) is 6.24. The third-order valence-electron chi connectivity index (χ3n) is 6.31. The van der Waals surface area contributed by atoms with Gasteiger partial charge in [0.05, 0.1) is 18.8 Å². The van der Waals surface area contributed by atoms with Crippen molar-refractivity contribution in [3.63, 3.8) is 0 Å². The van der Waals surface area contributed by atoms with Crippen molar-refractivity contribution in [3.8, 4) is 0 Å². The molecule has 4 rings (SSSR count). The highest BCUT2D eigenvalue weighted by Gasteiger charge is 2.35. The summed E-state index contributed by atoms with van der Waals surface area (Å²) >= 11 is 0. The highest BCUT2D eigenvalue weighted by Crippen LogP contribution is 2.25. The minimum absolute atomic E-state index is 0.165. The Morgan fingerprint density at radius 2 is 1.79 bits per heavy atom. The van der Waals surface area contributed by atoms with E-state index in [0.29, 0.717) is 43.6 Å². The molecule has 3 fully saturated rings. The number of alkyl halides is 1. The zero-order chi connectivity index (χ0) is 23.5. The van der Waals surface area contributed by atoms with Gasteiger partial charge in [0.2, 0.25) is 5.91 Å². The van der Waals surface area contributed by atoms with E-state index in [1.54, 1.807) is 29.2 Å². The summed E-state index contributed by atoms with van der Waals surface area (Å²) in [6.45, 7) is 1.23. The van der Waals surface area contributed by atoms with Crippen LogP contribution in [0.25, 0.3) is 0 Å². The fourth-order valence-corrected chi connectivity index (χ4v) is 4.45. The van der Waals surface area contributed by atoms with Crippen LogP contribution in [0.15, 0.2) is 24.3 Å². The van der Waals surface area contributed by atoms with Gasteiger partial charge in [-0.25, -0.2) is 14.0 Å². The van der Waals surface area contributed by atoms with Crippen molar-refractivity contribution in [2.24, 2.45) is 0 Å². The summed E-state index contributed by atoms with van der Waals surface area (Å²) in [6.07, 6.45) is -1.66. The molecule has 0 saturated carbocycles. The molecule has 178 valence electrons. The molecular formula is C22H27FN4O6. The molecule has 3 aliphatic rings. The number of nitrogens with one attached hydrogen (secondary N) is 1. The molecule has 0 bridgehead atoms. The van der Waals surface area contributed by atoms with Gasteiger partial charge in [-0.1, -0.05) is 6.07 Å². The molecule has 3 heterocycles. The average Bonchev–Trinajstić information content (AvgIpc) is 2.80. The summed E-state index contributed by atoms with van der Waals surface area (Å²) in [5, 5.41) is 11.3. The van der Waals surface area contributed by atoms with Gasteiger partial charge in [-0.2, -0.15) is 0 Å². The molecule has 2 atom stereocenters. The van der Waals surface area contributed by atoms with E-state index in [4.69, 9.17) is 9.84 Å². The molecule has 1 aromatic carbocycles. The molecule has 3 aliphatic heterocycles. The predicted octanol–water partition coefficient (Wildman–Crippen LogP) is 1.84. The van der Waals surface area contributed by atoms with E-state index in [0.717, 1.165) is 4.90 Å². The van der Waals surface area contributed by atoms with Crippen molar-refractivity contribution in [1.29, 1.82) is 0 Å². The number of urea groups is 1. The number of amides is 5. The second-order valence-corrected chi connectivity index (χ2v) is 8.50. The molecule has 2 N–H and O–H groups in total. The molecule has 11 heteroatoms. The van der Waals surface area contributed by atoms with Crippen LogP contribution in [0, 0.1) is 0 Å². The Balaban J connectivity index is 1.30. The van der Waals surface area contributed by atoms with Crippen LogP contribution < -0.4 is 10.2 Å². The average molecular weight is 462 g/mol. The first-order valence-electron chi connectivity index (χ1n) is 11.1. The third kappa shape index (κ3) is 5.24. The first kappa shape index (κ1) is 23.0. The Labute approximate surface area is 190 Å². The molecule has 0 spiro atoms. The summed E-state index contributed by atoms with van der Waals surface area (Å²) in [7, 11) is 0. The molecule has 33 heavy (non-hydrogen) atoms. The Morgan fingerprint density at radius 3 is 2.45 bits per heavy atom. The maximum atomic E-state index is 14.3. The number of carbonyl (C=O) groups excluding carboxylic acids is 3. The topological polar surface area (TPSA) is 119 Å². The molecule has 0 aromatic heterocycles. The standard InChI is InChI=1S/C22H27FN4O6/c23-17-13-26(22(31)32)10-6-18(17)33-16-4-8-25(9-5-16)20(29)14-2-1-3-15(12-14)27-11-7-19(28)24-21(27)30/h1-3,12,16-18H,4-11,13H2,(H,31,32)(H,24,28,30)/t17-,18-/m1/s1. The van der Waals surface area contributed by atoms with E-state index in [1.807, 2.05) is 0 Å². The van der Waals surface area contributed by atoms with Gasteiger partial charge in [-0.3, -0.25) is 19.8 Å². The lowest BCUT2D eigenvalue weighted by molar-refractivity contribution is -0.120. The lowest BCUT2D eigenvalue weighted by Crippen LogP contribution is -2.50. The van der Waals surface area contributed by atoms with E-state index in [9.17, 15) is 23.6 Å². The summed E-state index contributed by atoms with van der Waals surface area (Å²) in [4.78, 5) is 51.7. The van der Waals surface area contributed by atoms with Crippen LogP contribution in [-0.4, -0.2) is 89.9 Å². The molecule has 3 saturated heterocycles. The van der Waals surface area contributed by atoms with Gasteiger partial charge in [0.1, 0.15) is 6.17 Å². The number of nitrogens with zero attached hydrogens (tertiary/aromatic N) is 3. The van der Waals surface area contributed by atoms with Gasteiger partial charge in [0.25, 0.3) is 5.91 Å². The highest BCUT2D eigenvalue weighted by atomic mass is 19.1. The number of likely N-dealkylation sites (tertiary alicyclic amines) is 2. The number of halogens is 1. The molecule has 10 nitrogen and oxygen atoms in total. The minimum atomic E-state index is -1.36. The summed E-state index contributed by atoms with van der Waals surface area (Å²) in [5.74, 6) is -0.484. The van der Waals surface area contributed by atoms with Crippen molar-refractivity contribution >= 4 is 29.6 Å². The van der Waals surface area contributed by atoms with Crippen LogP contribution in [0.4, 0.5) is 19.7 Å². The van der Waals surface area contributed by atoms with Crippen LogP contribution in [0.1, 0.15) is 36.0 Å². The molecule has 5 amide bonds. The van der Waals surface area contributed by atoms with Crippen molar-refractivity contribution in [2.45, 2.75) is 44.1 Å². The number of carbonyl (C=O) groups is 4. The number of ether oxygens (including phenoxy) is 1. The van der Waals surface area contributed by atoms with E-state index in [1.165, 1.54) is 4.90 Å². The number of imide groups is 1. The van der Waals surface area contributed by atoms with E-state index in [2.05, 4.69) is 5.32 Å². The van der Waals surface area contributed by atoms with Gasteiger partial charge in [-0.15, -0.1) is 0 Å². The summed E-state index contributed by atoms with van der Waals surface area (Å²) < 4.78 is 20.2. The number of hydrogen-bond donors (Lipinski definition) is 2. The van der Waals surface area contributed by atoms with Gasteiger partial charge < -0.3 is 19.6 Å². The van der Waals surface area contributed by atoms with Crippen LogP contribution >= 0.6 is 0 Å². The third-order valence-corrected chi connectivity index (χ3v) is 6.31. The number of piperidine rings is 2. The van der Waals surface area contributed by atoms with E-state index >= 15 is 0 Å². The number of benzene rings is 1. The first-order chi connectivity index (χ1) is 15.8. The van der Waals surface area contributed by atoms with Gasteiger partial charge >= 0.3 is 12.1 Å². The van der Waals surface area contributed by atoms with Gasteiger partial charge in [0.15, 0.2) is 0 Å². The zero-order valence-electron chi connectivity index (χ0n) is 18.1. The lowest BCUT2D eigenvalue weighted by atomic mass is 10.0. The second-order valence-electron chi connectivity index (χ2n) is 8.50. The van der Waals surface area contributed by atoms with Crippen LogP contribution in [0.5, 0.6) is 0 Å². The number of rotatable bonds is 4. The van der Waals surface area contributed by atoms with E-state index < -0.39 is 24.4 Å². The quantitative estimate of drug-likeness (QED) is 0.705. The second kappa shape index (κ2) is 9.74. The predicted molar refractivity (Wildman–Crippen MR) is 115 cm³/mol. The number of carboxylic acid groups (broad SMARTS) is 1. The Morgan fingerprint density at radius 1 is 1.06 bits per heavy atom. The lowest BCUT2D eigenvalue weighted by Gasteiger charge is -2.38. The Bertz CT molecular complexity index is 935. The van der Waals surface area contributed by atoms with Crippen LogP contribution in [-0.2, 0) is 9.53 Å². The fourth-order valence-electron chi connectivity index (χ4n) is 4.45. The smallest absolute Gasteiger partial charge is 0.407 e. The van der Waals surface area contributed by atoms with Crippen molar-refractivity contribution in [2.75, 3.05) is 37.6 Å². The van der Waals surface area contributed by atoms with Crippen molar-refractivity contribution < 1.29 is 33.4 Å². The molecule has 0 unspecified atom stereocenters. The van der Waals surface area contributed by atoms with Crippen molar-refractivity contribution in [3.05, 3.63) is 29.8 Å². The van der Waals surface area contributed by atoms with Crippen LogP contribution in [0.3, 0.4) is 0 Å². The summed E-state index contributed by atoms with van der Waals surface area (Å²) in [5.41, 5.74) is 0.993. The molecule has 0 aliphatic carbocycles. The van der Waals surface area contributed by atoms with E-state index in [-0.39, 0.29) is 44.0 Å². The molecular weight excluding hydrogens is 435 g/mol. The normalized spacial score (nSPS) is 24.6. The zero-order valence-corrected chi connectivity index (χ0v) is 18.1. The number of hydrogen-bond acceptors (Lipinski definition) is 5. The number of anilines is 1. The SMILES string of the molecule is O=C1CCN(c2cccc(C(=O)N3CCC(O[C@@H]4CCN(C(=O)O)C[C@H]4F)CC3)c2)C(=O)N1. The molecule has 0 radical (unpaired) electrons. The Hall–Kier alpha value is -3.21. The maximum absolute atomic E-state index is 14.3. The first-order valence-corrected chi connectivity index (χ1v) is 11.1. The fraction of sp³-hybridized carbons (Fsp3) is 0.545. The highest BCUT2D eigenvalue weighted by molar-refractivity contribution is 6.06. The Kier molecular flexibility index (Phi) is 6.77. The minimum Gasteiger partial charge on any atom is -0.465 e. The maximum Gasteiger partial charge on any atom is 0.407 e. The molecule has 1 aromatic rings. The monoisotopic (exact) mass is 462 g/mol. The van der Waals surface area contributed by atoms with Crippen molar-refractivity contribution in [1.82, 2.24) is 15.1 Å². The van der Waals surface area contributed by atoms with Gasteiger partial charge in [0, 0.05) is 43.9 Å². The largest absolute Gasteiger partial charge is 0.465 e.